The normalized spacial score (nSPS) is 8.29. The van der Waals surface area contributed by atoms with Crippen LogP contribution in [0.25, 0.3) is 0 Å². The number of rotatable bonds is 3. The van der Waals surface area contributed by atoms with Crippen molar-refractivity contribution in [2.45, 2.75) is 0 Å². The lowest BCUT2D eigenvalue weighted by molar-refractivity contribution is -0.262. The highest BCUT2D eigenvalue weighted by Crippen LogP contribution is 1.77. The topological polar surface area (TPSA) is 32.7 Å². The van der Waals surface area contributed by atoms with E-state index >= 15 is 0 Å². The molecule has 0 aromatic carbocycles. The first-order valence-corrected chi connectivity index (χ1v) is 1.90. The van der Waals surface area contributed by atoms with Crippen molar-refractivity contribution in [1.29, 1.82) is 0 Å². The van der Waals surface area contributed by atoms with Gasteiger partial charge in [-0.05, 0) is 6.20 Å². The lowest BCUT2D eigenvalue weighted by Gasteiger charge is -2.07. The summed E-state index contributed by atoms with van der Waals surface area (Å²) in [6, 6.07) is 0. The third-order valence-electron chi connectivity index (χ3n) is 0.573. The summed E-state index contributed by atoms with van der Waals surface area (Å²) in [7, 11) is 1.74. The summed E-state index contributed by atoms with van der Waals surface area (Å²) in [5, 5.41) is 7.78. The maximum Gasteiger partial charge on any atom is 0.153 e. The van der Waals surface area contributed by atoms with Crippen LogP contribution < -0.4 is 0 Å². The van der Waals surface area contributed by atoms with Gasteiger partial charge in [-0.15, -0.1) is 0 Å². The lowest BCUT2D eigenvalue weighted by Crippen LogP contribution is -2.12. The van der Waals surface area contributed by atoms with Crippen LogP contribution in [0.5, 0.6) is 0 Å². The predicted octanol–water partition coefficient (Wildman–Crippen LogP) is 0.509. The molecule has 0 rings (SSSR count). The quantitative estimate of drug-likeness (QED) is 0.321. The molecule has 0 atom stereocenters. The van der Waals surface area contributed by atoms with E-state index in [4.69, 9.17) is 5.26 Å². The summed E-state index contributed by atoms with van der Waals surface area (Å²) in [4.78, 5) is 5.35. The Morgan fingerprint density at radius 1 is 2.00 bits per heavy atom. The molecule has 42 valence electrons. The summed E-state index contributed by atoms with van der Waals surface area (Å²) in [6.07, 6.45) is 1.55. The molecule has 0 spiro atoms. The van der Waals surface area contributed by atoms with Crippen LogP contribution in [0.2, 0.25) is 0 Å². The molecule has 0 aromatic heterocycles. The molecular weight excluding hydrogens is 94.0 g/mol. The Morgan fingerprint density at radius 3 is 2.71 bits per heavy atom. The Morgan fingerprint density at radius 2 is 2.57 bits per heavy atom. The Labute approximate surface area is 42.7 Å². The highest BCUT2D eigenvalue weighted by molar-refractivity contribution is 4.61. The van der Waals surface area contributed by atoms with Crippen LogP contribution in [-0.2, 0) is 4.89 Å². The SMILES string of the molecule is C=CN(C)COO. The van der Waals surface area contributed by atoms with E-state index in [-0.39, 0.29) is 6.73 Å². The van der Waals surface area contributed by atoms with Gasteiger partial charge in [0.2, 0.25) is 0 Å². The molecule has 0 unspecified atom stereocenters. The van der Waals surface area contributed by atoms with Crippen LogP contribution in [0, 0.1) is 0 Å². The molecule has 0 aliphatic carbocycles. The Kier molecular flexibility index (Phi) is 3.36. The van der Waals surface area contributed by atoms with E-state index in [9.17, 15) is 0 Å². The van der Waals surface area contributed by atoms with E-state index in [2.05, 4.69) is 11.5 Å². The van der Waals surface area contributed by atoms with Gasteiger partial charge in [0.25, 0.3) is 0 Å². The molecular formula is C4H9NO2. The van der Waals surface area contributed by atoms with Gasteiger partial charge in [0, 0.05) is 7.05 Å². The van der Waals surface area contributed by atoms with Gasteiger partial charge in [-0.3, -0.25) is 0 Å². The van der Waals surface area contributed by atoms with Crippen molar-refractivity contribution in [3.05, 3.63) is 12.8 Å². The summed E-state index contributed by atoms with van der Waals surface area (Å²) in [6.45, 7) is 3.58. The summed E-state index contributed by atoms with van der Waals surface area (Å²) >= 11 is 0. The van der Waals surface area contributed by atoms with Crippen molar-refractivity contribution in [3.63, 3.8) is 0 Å². The molecule has 0 heterocycles. The Bertz CT molecular complexity index is 55.7. The molecule has 3 nitrogen and oxygen atoms in total. The molecule has 3 heteroatoms. The second kappa shape index (κ2) is 3.64. The average Bonchev–Trinajstić information content (AvgIpc) is 1.68. The van der Waals surface area contributed by atoms with Gasteiger partial charge in [0.05, 0.1) is 0 Å². The molecule has 0 bridgehead atoms. The van der Waals surface area contributed by atoms with Gasteiger partial charge in [0.15, 0.2) is 6.73 Å². The smallest absolute Gasteiger partial charge is 0.153 e. The molecule has 0 saturated carbocycles. The summed E-state index contributed by atoms with van der Waals surface area (Å²) in [5.74, 6) is 0. The van der Waals surface area contributed by atoms with Crippen LogP contribution in [-0.4, -0.2) is 23.9 Å². The predicted molar refractivity (Wildman–Crippen MR) is 26.5 cm³/mol. The largest absolute Gasteiger partial charge is 0.356 e. The van der Waals surface area contributed by atoms with Gasteiger partial charge < -0.3 is 4.90 Å². The van der Waals surface area contributed by atoms with E-state index in [0.29, 0.717) is 0 Å². The van der Waals surface area contributed by atoms with Gasteiger partial charge in [-0.2, -0.15) is 0 Å². The van der Waals surface area contributed by atoms with Crippen molar-refractivity contribution in [1.82, 2.24) is 4.90 Å². The maximum absolute atomic E-state index is 7.78. The van der Waals surface area contributed by atoms with Crippen LogP contribution in [0.15, 0.2) is 12.8 Å². The van der Waals surface area contributed by atoms with Crippen molar-refractivity contribution >= 4 is 0 Å². The standard InChI is InChI=1S/C4H9NO2/c1-3-5(2)4-7-6/h3,6H,1,4H2,2H3. The van der Waals surface area contributed by atoms with Crippen LogP contribution >= 0.6 is 0 Å². The van der Waals surface area contributed by atoms with Crippen LogP contribution in [0.1, 0.15) is 0 Å². The van der Waals surface area contributed by atoms with Gasteiger partial charge in [-0.25, -0.2) is 10.1 Å². The van der Waals surface area contributed by atoms with Crippen molar-refractivity contribution in [2.75, 3.05) is 13.8 Å². The van der Waals surface area contributed by atoms with Crippen molar-refractivity contribution in [3.8, 4) is 0 Å². The molecule has 7 heavy (non-hydrogen) atoms. The Balaban J connectivity index is 2.98. The zero-order valence-electron chi connectivity index (χ0n) is 4.29. The van der Waals surface area contributed by atoms with Gasteiger partial charge in [0.1, 0.15) is 0 Å². The second-order valence-corrected chi connectivity index (χ2v) is 1.20. The van der Waals surface area contributed by atoms with E-state index in [0.717, 1.165) is 0 Å². The minimum atomic E-state index is 0.170. The molecule has 0 aromatic rings. The molecule has 0 aliphatic heterocycles. The van der Waals surface area contributed by atoms with E-state index in [1.54, 1.807) is 18.1 Å². The summed E-state index contributed by atoms with van der Waals surface area (Å²) < 4.78 is 0. The monoisotopic (exact) mass is 103 g/mol. The molecule has 0 aliphatic rings. The third kappa shape index (κ3) is 3.29. The zero-order valence-corrected chi connectivity index (χ0v) is 4.29. The van der Waals surface area contributed by atoms with Crippen LogP contribution in [0.4, 0.5) is 0 Å². The Hall–Kier alpha value is -0.540. The van der Waals surface area contributed by atoms with E-state index in [1.165, 1.54) is 0 Å². The minimum absolute atomic E-state index is 0.170. The number of hydrogen-bond acceptors (Lipinski definition) is 3. The lowest BCUT2D eigenvalue weighted by atomic mass is 10.8. The summed E-state index contributed by atoms with van der Waals surface area (Å²) in [5.41, 5.74) is 0. The molecule has 0 fully saturated rings. The van der Waals surface area contributed by atoms with Gasteiger partial charge in [-0.1, -0.05) is 6.58 Å². The van der Waals surface area contributed by atoms with E-state index in [1.807, 2.05) is 0 Å². The maximum atomic E-state index is 7.78. The average molecular weight is 103 g/mol. The minimum Gasteiger partial charge on any atom is -0.356 e. The molecule has 0 amide bonds. The molecule has 1 N–H and O–H groups in total. The highest BCUT2D eigenvalue weighted by atomic mass is 17.1. The first kappa shape index (κ1) is 6.46. The highest BCUT2D eigenvalue weighted by Gasteiger charge is 1.82. The first-order valence-electron chi connectivity index (χ1n) is 1.90. The zero-order chi connectivity index (χ0) is 5.70. The van der Waals surface area contributed by atoms with E-state index < -0.39 is 0 Å². The van der Waals surface area contributed by atoms with Gasteiger partial charge >= 0.3 is 0 Å². The molecule has 0 saturated heterocycles. The number of nitrogens with zero attached hydrogens (tertiary/aromatic N) is 1. The number of hydrogen-bond donors (Lipinski definition) is 1. The van der Waals surface area contributed by atoms with Crippen LogP contribution in [0.3, 0.4) is 0 Å². The third-order valence-corrected chi connectivity index (χ3v) is 0.573. The van der Waals surface area contributed by atoms with Crippen molar-refractivity contribution < 1.29 is 10.1 Å². The van der Waals surface area contributed by atoms with Crippen molar-refractivity contribution in [2.24, 2.45) is 0 Å². The fraction of sp³-hybridized carbons (Fsp3) is 0.500. The second-order valence-electron chi connectivity index (χ2n) is 1.20. The fourth-order valence-electron chi connectivity index (χ4n) is 0.144. The fourth-order valence-corrected chi connectivity index (χ4v) is 0.144. The molecule has 0 radical (unpaired) electrons. The first-order chi connectivity index (χ1) is 3.31.